The number of hydrogen-bond acceptors (Lipinski definition) is 6. The zero-order valence-electron chi connectivity index (χ0n) is 14.7. The van der Waals surface area contributed by atoms with Gasteiger partial charge in [-0.1, -0.05) is 24.8 Å². The molecule has 0 radical (unpaired) electrons. The first kappa shape index (κ1) is 17.1. The Labute approximate surface area is 161 Å². The van der Waals surface area contributed by atoms with Crippen LogP contribution in [0.1, 0.15) is 23.8 Å². The Morgan fingerprint density at radius 2 is 2.04 bits per heavy atom. The number of anilines is 1. The third-order valence-electron chi connectivity index (χ3n) is 4.30. The number of thiophene rings is 1. The van der Waals surface area contributed by atoms with Crippen LogP contribution in [0.15, 0.2) is 70.5 Å². The van der Waals surface area contributed by atoms with Gasteiger partial charge < -0.3 is 10.7 Å². The highest BCUT2D eigenvalue weighted by Crippen LogP contribution is 2.35. The summed E-state index contributed by atoms with van der Waals surface area (Å²) >= 11 is 3.35. The maximum absolute atomic E-state index is 4.45. The zero-order valence-corrected chi connectivity index (χ0v) is 16.4. The lowest BCUT2D eigenvalue weighted by atomic mass is 10.1. The number of hydrogen-bond donors (Lipinski definition) is 3. The van der Waals surface area contributed by atoms with Crippen LogP contribution in [0, 0.1) is 6.92 Å². The number of allylic oxidation sites excluding steroid dienone is 2. The first-order valence-electron chi connectivity index (χ1n) is 8.40. The van der Waals surface area contributed by atoms with E-state index in [1.165, 1.54) is 38.5 Å². The Kier molecular flexibility index (Phi) is 4.72. The van der Waals surface area contributed by atoms with Gasteiger partial charge in [-0.05, 0) is 55.1 Å². The predicted molar refractivity (Wildman–Crippen MR) is 114 cm³/mol. The van der Waals surface area contributed by atoms with E-state index in [4.69, 9.17) is 0 Å². The van der Waals surface area contributed by atoms with Gasteiger partial charge in [0, 0.05) is 39.5 Å². The fraction of sp³-hybridized carbons (Fsp3) is 0.150. The van der Waals surface area contributed by atoms with Gasteiger partial charge in [-0.3, -0.25) is 4.99 Å². The highest BCUT2D eigenvalue weighted by atomic mass is 32.2. The summed E-state index contributed by atoms with van der Waals surface area (Å²) in [4.78, 5) is 11.1. The van der Waals surface area contributed by atoms with E-state index in [1.807, 2.05) is 24.5 Å². The molecule has 132 valence electrons. The Morgan fingerprint density at radius 3 is 2.69 bits per heavy atom. The Morgan fingerprint density at radius 1 is 1.23 bits per heavy atom. The maximum Gasteiger partial charge on any atom is 0.0674 e. The minimum Gasteiger partial charge on any atom is -0.355 e. The van der Waals surface area contributed by atoms with Gasteiger partial charge >= 0.3 is 0 Å². The van der Waals surface area contributed by atoms with Crippen LogP contribution in [0.2, 0.25) is 0 Å². The summed E-state index contributed by atoms with van der Waals surface area (Å²) in [5.41, 5.74) is 9.77. The van der Waals surface area contributed by atoms with Crippen LogP contribution in [0.5, 0.6) is 0 Å². The molecule has 26 heavy (non-hydrogen) atoms. The molecule has 3 N–H and O–H groups in total. The molecular formula is C20H20N4S2. The molecule has 0 bridgehead atoms. The summed E-state index contributed by atoms with van der Waals surface area (Å²) in [6.07, 6.45) is 4.92. The Balaban J connectivity index is 1.51. The molecule has 2 aromatic rings. The normalized spacial score (nSPS) is 16.0. The van der Waals surface area contributed by atoms with Crippen molar-refractivity contribution in [2.45, 2.75) is 20.3 Å². The third-order valence-corrected chi connectivity index (χ3v) is 6.59. The number of nitrogens with one attached hydrogen (secondary N) is 3. The fourth-order valence-electron chi connectivity index (χ4n) is 2.95. The molecule has 1 aromatic heterocycles. The van der Waals surface area contributed by atoms with Crippen LogP contribution in [-0.2, 0) is 0 Å². The Bertz CT molecular complexity index is 949. The van der Waals surface area contributed by atoms with Crippen molar-refractivity contribution >= 4 is 34.7 Å². The van der Waals surface area contributed by atoms with Crippen molar-refractivity contribution < 1.29 is 0 Å². The molecular weight excluding hydrogens is 360 g/mol. The molecule has 6 heteroatoms. The fourth-order valence-corrected chi connectivity index (χ4v) is 4.81. The van der Waals surface area contributed by atoms with Gasteiger partial charge in [-0.2, -0.15) is 4.83 Å². The molecule has 0 unspecified atom stereocenters. The number of hydrazine groups is 1. The molecule has 0 amide bonds. The summed E-state index contributed by atoms with van der Waals surface area (Å²) < 4.78 is 0. The molecule has 4 rings (SSSR count). The molecule has 4 nitrogen and oxygen atoms in total. The third kappa shape index (κ3) is 3.35. The average molecular weight is 381 g/mol. The number of rotatable bonds is 5. The second kappa shape index (κ2) is 7.15. The van der Waals surface area contributed by atoms with Crippen LogP contribution in [-0.4, -0.2) is 5.71 Å². The molecule has 2 aliphatic rings. The average Bonchev–Trinajstić information content (AvgIpc) is 3.36. The van der Waals surface area contributed by atoms with E-state index in [9.17, 15) is 0 Å². The minimum atomic E-state index is 0.888. The maximum atomic E-state index is 4.45. The van der Waals surface area contributed by atoms with Gasteiger partial charge in [0.2, 0.25) is 0 Å². The highest BCUT2D eigenvalue weighted by Gasteiger charge is 2.15. The summed E-state index contributed by atoms with van der Waals surface area (Å²) in [5, 5.41) is 3.38. The quantitative estimate of drug-likeness (QED) is 0.613. The van der Waals surface area contributed by atoms with Gasteiger partial charge in [0.15, 0.2) is 0 Å². The smallest absolute Gasteiger partial charge is 0.0674 e. The molecule has 0 atom stereocenters. The standard InChI is InChI=1S/C20H20N4S2/c1-12-11-18(17-5-4-10-21-17)25-19(12)15-6-8-16(9-7-15)22-13(2)20-14(3)23-24-26-20/h4,6-11,22-24H,2,5H2,1,3H3. The van der Waals surface area contributed by atoms with E-state index in [-0.39, 0.29) is 0 Å². The van der Waals surface area contributed by atoms with Gasteiger partial charge in [0.05, 0.1) is 10.6 Å². The number of benzene rings is 1. The van der Waals surface area contributed by atoms with E-state index in [1.54, 1.807) is 0 Å². The molecule has 0 fully saturated rings. The van der Waals surface area contributed by atoms with Gasteiger partial charge in [0.25, 0.3) is 0 Å². The first-order chi connectivity index (χ1) is 12.6. The molecule has 0 aliphatic carbocycles. The van der Waals surface area contributed by atoms with Crippen LogP contribution in [0.4, 0.5) is 5.69 Å². The summed E-state index contributed by atoms with van der Waals surface area (Å²) in [6.45, 7) is 8.33. The van der Waals surface area contributed by atoms with E-state index >= 15 is 0 Å². The lowest BCUT2D eigenvalue weighted by Crippen LogP contribution is -2.16. The molecule has 0 saturated carbocycles. The van der Waals surface area contributed by atoms with Crippen LogP contribution < -0.4 is 15.6 Å². The van der Waals surface area contributed by atoms with Crippen LogP contribution in [0.3, 0.4) is 0 Å². The topological polar surface area (TPSA) is 48.5 Å². The minimum absolute atomic E-state index is 0.888. The van der Waals surface area contributed by atoms with Crippen molar-refractivity contribution in [2.24, 2.45) is 4.99 Å². The van der Waals surface area contributed by atoms with E-state index in [0.29, 0.717) is 0 Å². The van der Waals surface area contributed by atoms with Crippen molar-refractivity contribution in [3.05, 3.63) is 75.9 Å². The van der Waals surface area contributed by atoms with E-state index < -0.39 is 0 Å². The largest absolute Gasteiger partial charge is 0.355 e. The SMILES string of the molecule is C=C(Nc1ccc(-c2sc(C3=NC=CC3)cc2C)cc1)C1=C(C)NNS1. The summed E-state index contributed by atoms with van der Waals surface area (Å²) in [5.74, 6) is 0. The van der Waals surface area contributed by atoms with Crippen LogP contribution in [0.25, 0.3) is 10.4 Å². The first-order valence-corrected chi connectivity index (χ1v) is 10.0. The van der Waals surface area contributed by atoms with E-state index in [2.05, 4.69) is 70.5 Å². The number of aryl methyl sites for hydroxylation is 1. The Hall–Kier alpha value is -2.28. The zero-order chi connectivity index (χ0) is 18.1. The predicted octanol–water partition coefficient (Wildman–Crippen LogP) is 5.34. The number of aliphatic imine (C=N–C) groups is 1. The second-order valence-electron chi connectivity index (χ2n) is 6.25. The van der Waals surface area contributed by atoms with Gasteiger partial charge in [-0.25, -0.2) is 0 Å². The lowest BCUT2D eigenvalue weighted by Gasteiger charge is -2.10. The summed E-state index contributed by atoms with van der Waals surface area (Å²) in [7, 11) is 0. The van der Waals surface area contributed by atoms with E-state index in [0.717, 1.165) is 28.4 Å². The molecule has 3 heterocycles. The van der Waals surface area contributed by atoms with Gasteiger partial charge in [-0.15, -0.1) is 11.3 Å². The highest BCUT2D eigenvalue weighted by molar-refractivity contribution is 8.01. The van der Waals surface area contributed by atoms with Crippen molar-refractivity contribution in [3.63, 3.8) is 0 Å². The lowest BCUT2D eigenvalue weighted by molar-refractivity contribution is 0.831. The molecule has 2 aliphatic heterocycles. The van der Waals surface area contributed by atoms with Crippen molar-refractivity contribution in [1.29, 1.82) is 0 Å². The van der Waals surface area contributed by atoms with Gasteiger partial charge in [0.1, 0.15) is 0 Å². The van der Waals surface area contributed by atoms with Crippen molar-refractivity contribution in [3.8, 4) is 10.4 Å². The monoisotopic (exact) mass is 380 g/mol. The number of nitrogens with zero attached hydrogens (tertiary/aromatic N) is 1. The molecule has 0 saturated heterocycles. The van der Waals surface area contributed by atoms with Crippen molar-refractivity contribution in [2.75, 3.05) is 5.32 Å². The molecule has 0 spiro atoms. The molecule has 1 aromatic carbocycles. The second-order valence-corrected chi connectivity index (χ2v) is 8.12. The summed E-state index contributed by atoms with van der Waals surface area (Å²) in [6, 6.07) is 10.8. The van der Waals surface area contributed by atoms with Crippen molar-refractivity contribution in [1.82, 2.24) is 10.3 Å². The van der Waals surface area contributed by atoms with Crippen LogP contribution >= 0.6 is 23.3 Å².